The summed E-state index contributed by atoms with van der Waals surface area (Å²) >= 11 is 6.39. The van der Waals surface area contributed by atoms with Crippen LogP contribution >= 0.6 is 11.6 Å². The number of halogens is 5. The van der Waals surface area contributed by atoms with E-state index in [9.17, 15) is 22.4 Å². The molecule has 0 spiro atoms. The minimum absolute atomic E-state index is 0.00522. The van der Waals surface area contributed by atoms with Gasteiger partial charge in [0.1, 0.15) is 5.02 Å². The van der Waals surface area contributed by atoms with Crippen molar-refractivity contribution in [3.63, 3.8) is 0 Å². The monoisotopic (exact) mass is 602 g/mol. The molecule has 0 bridgehead atoms. The summed E-state index contributed by atoms with van der Waals surface area (Å²) in [6.07, 6.45) is 0.487. The van der Waals surface area contributed by atoms with Gasteiger partial charge >= 0.3 is 6.18 Å². The zero-order valence-electron chi connectivity index (χ0n) is 22.7. The second kappa shape index (κ2) is 12.8. The maximum Gasteiger partial charge on any atom is 0.416 e. The molecule has 1 saturated carbocycles. The molecule has 2 aliphatic heterocycles. The zero-order chi connectivity index (χ0) is 29.0. The first-order chi connectivity index (χ1) is 19.6. The quantitative estimate of drug-likeness (QED) is 0.414. The largest absolute Gasteiger partial charge is 0.416 e. The highest BCUT2D eigenvalue weighted by molar-refractivity contribution is 6.32. The summed E-state index contributed by atoms with van der Waals surface area (Å²) in [5.74, 6) is 0. The highest BCUT2D eigenvalue weighted by Gasteiger charge is 2.34. The van der Waals surface area contributed by atoms with E-state index in [-0.39, 0.29) is 42.0 Å². The van der Waals surface area contributed by atoms with Gasteiger partial charge in [0.05, 0.1) is 62.6 Å². The van der Waals surface area contributed by atoms with Crippen molar-refractivity contribution in [2.45, 2.75) is 68.6 Å². The molecule has 3 heterocycles. The Bertz CT molecular complexity index is 1210. The van der Waals surface area contributed by atoms with Crippen LogP contribution in [0.1, 0.15) is 50.1 Å². The van der Waals surface area contributed by atoms with Crippen molar-refractivity contribution in [3.05, 3.63) is 51.4 Å². The van der Waals surface area contributed by atoms with E-state index in [1.54, 1.807) is 0 Å². The van der Waals surface area contributed by atoms with Crippen molar-refractivity contribution >= 4 is 23.0 Å². The van der Waals surface area contributed by atoms with Gasteiger partial charge in [-0.15, -0.1) is 0 Å². The Kier molecular flexibility index (Phi) is 9.42. The summed E-state index contributed by atoms with van der Waals surface area (Å²) < 4.78 is 72.4. The lowest BCUT2D eigenvalue weighted by Gasteiger charge is -2.40. The van der Waals surface area contributed by atoms with Gasteiger partial charge in [-0.05, 0) is 62.8 Å². The molecule has 1 aliphatic carbocycles. The average Bonchev–Trinajstić information content (AvgIpc) is 2.97. The van der Waals surface area contributed by atoms with Crippen molar-refractivity contribution < 1.29 is 31.8 Å². The maximum absolute atomic E-state index is 14.9. The summed E-state index contributed by atoms with van der Waals surface area (Å²) in [5.41, 5.74) is -1.70. The van der Waals surface area contributed by atoms with Gasteiger partial charge in [-0.2, -0.15) is 18.3 Å². The van der Waals surface area contributed by atoms with Crippen molar-refractivity contribution in [3.8, 4) is 0 Å². The van der Waals surface area contributed by atoms with Gasteiger partial charge in [-0.1, -0.05) is 11.6 Å². The van der Waals surface area contributed by atoms with Crippen LogP contribution in [0.5, 0.6) is 0 Å². The highest BCUT2D eigenvalue weighted by atomic mass is 35.5. The second-order valence-corrected chi connectivity index (χ2v) is 11.4. The van der Waals surface area contributed by atoms with Crippen LogP contribution in [0.2, 0.25) is 5.02 Å². The number of anilines is 2. The molecule has 3 fully saturated rings. The molecule has 2 saturated heterocycles. The topological polar surface area (TPSA) is 77.9 Å². The van der Waals surface area contributed by atoms with Crippen LogP contribution in [0.15, 0.2) is 35.3 Å². The van der Waals surface area contributed by atoms with Gasteiger partial charge in [0.2, 0.25) is 0 Å². The van der Waals surface area contributed by atoms with E-state index in [0.717, 1.165) is 12.1 Å². The third-order valence-corrected chi connectivity index (χ3v) is 8.44. The third-order valence-electron chi connectivity index (χ3n) is 8.08. The minimum atomic E-state index is -4.41. The number of hydrogen-bond acceptors (Lipinski definition) is 7. The standard InChI is InChI=1S/C28H35ClF4N4O4/c29-25-24(34-17-27(30)10-1-11-40-18-27)14-35-37(26(25)38)22-8-6-21(7-9-22)36(15-23-16-39-12-13-41-23)20-4-2-19(3-5-20)28(31,32)33/h2-5,14,21-23,34H,1,6-13,15-18H2/t21?,22?,23-,27+/m1/s1. The number of ether oxygens (including phenoxy) is 3. The Hall–Kier alpha value is -2.41. The average molecular weight is 603 g/mol. The molecule has 0 unspecified atom stereocenters. The van der Waals surface area contributed by atoms with Gasteiger partial charge in [0, 0.05) is 24.9 Å². The number of aromatic nitrogens is 2. The maximum atomic E-state index is 14.9. The van der Waals surface area contributed by atoms with E-state index >= 15 is 0 Å². The van der Waals surface area contributed by atoms with Crippen LogP contribution in [0.25, 0.3) is 0 Å². The van der Waals surface area contributed by atoms with Crippen LogP contribution in [0.4, 0.5) is 28.9 Å². The van der Waals surface area contributed by atoms with Crippen LogP contribution in [0.3, 0.4) is 0 Å². The number of benzene rings is 1. The summed E-state index contributed by atoms with van der Waals surface area (Å²) in [6.45, 7) is 2.39. The fourth-order valence-electron chi connectivity index (χ4n) is 5.82. The lowest BCUT2D eigenvalue weighted by atomic mass is 9.89. The number of alkyl halides is 4. The lowest BCUT2D eigenvalue weighted by molar-refractivity contribution is -0.137. The molecule has 2 aromatic rings. The summed E-state index contributed by atoms with van der Waals surface area (Å²) in [6, 6.07) is 5.03. The molecule has 41 heavy (non-hydrogen) atoms. The summed E-state index contributed by atoms with van der Waals surface area (Å²) in [5, 5.41) is 7.24. The van der Waals surface area contributed by atoms with Gasteiger partial charge in [-0.3, -0.25) is 4.79 Å². The van der Waals surface area contributed by atoms with Crippen LogP contribution < -0.4 is 15.8 Å². The fourth-order valence-corrected chi connectivity index (χ4v) is 6.02. The first-order valence-corrected chi connectivity index (χ1v) is 14.4. The summed E-state index contributed by atoms with van der Waals surface area (Å²) in [4.78, 5) is 15.2. The van der Waals surface area contributed by atoms with Gasteiger partial charge in [0.25, 0.3) is 5.56 Å². The van der Waals surface area contributed by atoms with Crippen LogP contribution in [0, 0.1) is 0 Å². The first kappa shape index (κ1) is 30.1. The second-order valence-electron chi connectivity index (χ2n) is 11.0. The Balaban J connectivity index is 1.26. The predicted molar refractivity (Wildman–Crippen MR) is 147 cm³/mol. The summed E-state index contributed by atoms with van der Waals surface area (Å²) in [7, 11) is 0. The normalized spacial score (nSPS) is 27.4. The SMILES string of the molecule is O=c1c(Cl)c(NC[C@@]2(F)CCCOC2)cnn1C1CCC(N(C[C@@H]2COCCO2)c2ccc(C(F)(F)F)cc2)CC1. The van der Waals surface area contributed by atoms with Crippen molar-refractivity contribution in [1.82, 2.24) is 9.78 Å². The lowest BCUT2D eigenvalue weighted by Crippen LogP contribution is -2.46. The molecule has 0 radical (unpaired) electrons. The van der Waals surface area contributed by atoms with Crippen molar-refractivity contribution in [1.29, 1.82) is 0 Å². The molecule has 2 atom stereocenters. The highest BCUT2D eigenvalue weighted by Crippen LogP contribution is 2.35. The molecular weight excluding hydrogens is 568 g/mol. The molecule has 13 heteroatoms. The molecule has 8 nitrogen and oxygen atoms in total. The Morgan fingerprint density at radius 1 is 1.10 bits per heavy atom. The Morgan fingerprint density at radius 3 is 2.49 bits per heavy atom. The smallest absolute Gasteiger partial charge is 0.379 e. The number of rotatable bonds is 8. The fraction of sp³-hybridized carbons (Fsp3) is 0.643. The minimum Gasteiger partial charge on any atom is -0.379 e. The molecule has 5 rings (SSSR count). The Morgan fingerprint density at radius 2 is 1.85 bits per heavy atom. The van der Waals surface area contributed by atoms with E-state index in [4.69, 9.17) is 25.8 Å². The number of hydrogen-bond donors (Lipinski definition) is 1. The van der Waals surface area contributed by atoms with Crippen molar-refractivity contribution in [2.75, 3.05) is 56.3 Å². The molecule has 1 N–H and O–H groups in total. The van der Waals surface area contributed by atoms with Crippen molar-refractivity contribution in [2.24, 2.45) is 0 Å². The van der Waals surface area contributed by atoms with Gasteiger partial charge in [0.15, 0.2) is 5.67 Å². The molecule has 1 aromatic heterocycles. The number of nitrogens with one attached hydrogen (secondary N) is 1. The molecule has 3 aliphatic rings. The van der Waals surface area contributed by atoms with Crippen LogP contribution in [-0.4, -0.2) is 73.7 Å². The van der Waals surface area contributed by atoms with E-state index in [2.05, 4.69) is 15.3 Å². The van der Waals surface area contributed by atoms with E-state index in [1.165, 1.54) is 23.0 Å². The zero-order valence-corrected chi connectivity index (χ0v) is 23.4. The van der Waals surface area contributed by atoms with Crippen LogP contribution in [-0.2, 0) is 20.4 Å². The Labute approximate surface area is 240 Å². The predicted octanol–water partition coefficient (Wildman–Crippen LogP) is 5.25. The van der Waals surface area contributed by atoms with Gasteiger partial charge in [-0.25, -0.2) is 9.07 Å². The molecule has 0 amide bonds. The van der Waals surface area contributed by atoms with E-state index in [0.29, 0.717) is 77.2 Å². The number of nitrogens with zero attached hydrogens (tertiary/aromatic N) is 3. The van der Waals surface area contributed by atoms with E-state index in [1.807, 2.05) is 0 Å². The molecular formula is C28H35ClF4N4O4. The van der Waals surface area contributed by atoms with Gasteiger partial charge < -0.3 is 24.4 Å². The third kappa shape index (κ3) is 7.33. The molecule has 1 aromatic carbocycles. The molecule has 226 valence electrons. The first-order valence-electron chi connectivity index (χ1n) is 14.0. The van der Waals surface area contributed by atoms with E-state index < -0.39 is 23.0 Å².